The van der Waals surface area contributed by atoms with Gasteiger partial charge in [-0.05, 0) is 44.4 Å². The summed E-state index contributed by atoms with van der Waals surface area (Å²) in [5, 5.41) is 2.89. The third-order valence-electron chi connectivity index (χ3n) is 4.37. The molecule has 2 rings (SSSR count). The lowest BCUT2D eigenvalue weighted by Crippen LogP contribution is -2.41. The minimum absolute atomic E-state index is 0.0415. The molecule has 2 aromatic rings. The summed E-state index contributed by atoms with van der Waals surface area (Å²) >= 11 is 0. The molecule has 0 aliphatic carbocycles. The standard InChI is InChI=1S/C22H27NO5/c1-15(13-14-17-9-6-5-7-10-17)23-21(24)16(2)28-22(25)18-11-8-12-19(26-3)20(18)27-4/h5-12,15-16H,13-14H2,1-4H3,(H,23,24)/t15-,16+/m0/s1. The Labute approximate surface area is 165 Å². The monoisotopic (exact) mass is 385 g/mol. The van der Waals surface area contributed by atoms with Gasteiger partial charge in [0.15, 0.2) is 17.6 Å². The number of carbonyl (C=O) groups is 2. The lowest BCUT2D eigenvalue weighted by Gasteiger charge is -2.19. The summed E-state index contributed by atoms with van der Waals surface area (Å²) < 4.78 is 15.7. The van der Waals surface area contributed by atoms with Crippen molar-refractivity contribution in [2.75, 3.05) is 14.2 Å². The molecular weight excluding hydrogens is 358 g/mol. The largest absolute Gasteiger partial charge is 0.493 e. The molecule has 0 unspecified atom stereocenters. The molecule has 0 saturated heterocycles. The van der Waals surface area contributed by atoms with Crippen molar-refractivity contribution in [1.29, 1.82) is 0 Å². The lowest BCUT2D eigenvalue weighted by atomic mass is 10.1. The Morgan fingerprint density at radius 2 is 1.68 bits per heavy atom. The molecule has 28 heavy (non-hydrogen) atoms. The molecule has 0 bridgehead atoms. The van der Waals surface area contributed by atoms with Crippen LogP contribution in [0.4, 0.5) is 0 Å². The maximum Gasteiger partial charge on any atom is 0.342 e. The predicted molar refractivity (Wildman–Crippen MR) is 107 cm³/mol. The minimum atomic E-state index is -0.928. The third kappa shape index (κ3) is 5.74. The van der Waals surface area contributed by atoms with E-state index < -0.39 is 12.1 Å². The topological polar surface area (TPSA) is 73.9 Å². The first-order chi connectivity index (χ1) is 13.5. The molecule has 0 aromatic heterocycles. The predicted octanol–water partition coefficient (Wildman–Crippen LogP) is 3.39. The van der Waals surface area contributed by atoms with E-state index in [4.69, 9.17) is 14.2 Å². The maximum absolute atomic E-state index is 12.5. The Morgan fingerprint density at radius 3 is 2.32 bits per heavy atom. The summed E-state index contributed by atoms with van der Waals surface area (Å²) in [6.07, 6.45) is 0.722. The van der Waals surface area contributed by atoms with E-state index in [0.717, 1.165) is 12.8 Å². The molecular formula is C22H27NO5. The summed E-state index contributed by atoms with van der Waals surface area (Å²) in [5.74, 6) is -0.284. The number of methoxy groups -OCH3 is 2. The second-order valence-electron chi connectivity index (χ2n) is 6.52. The zero-order chi connectivity index (χ0) is 20.5. The molecule has 1 amide bonds. The number of rotatable bonds is 9. The van der Waals surface area contributed by atoms with Gasteiger partial charge in [-0.3, -0.25) is 4.79 Å². The van der Waals surface area contributed by atoms with Crippen molar-refractivity contribution < 1.29 is 23.8 Å². The van der Waals surface area contributed by atoms with Gasteiger partial charge in [0.1, 0.15) is 5.56 Å². The first-order valence-electron chi connectivity index (χ1n) is 9.22. The number of amides is 1. The van der Waals surface area contributed by atoms with Crippen molar-refractivity contribution in [2.45, 2.75) is 38.8 Å². The van der Waals surface area contributed by atoms with Crippen LogP contribution in [0.3, 0.4) is 0 Å². The first kappa shape index (κ1) is 21.3. The Morgan fingerprint density at radius 1 is 0.964 bits per heavy atom. The molecule has 6 nitrogen and oxygen atoms in total. The Bertz CT molecular complexity index is 791. The quantitative estimate of drug-likeness (QED) is 0.670. The van der Waals surface area contributed by atoms with Crippen LogP contribution in [-0.4, -0.2) is 38.2 Å². The van der Waals surface area contributed by atoms with Crippen LogP contribution < -0.4 is 14.8 Å². The first-order valence-corrected chi connectivity index (χ1v) is 9.22. The molecule has 0 heterocycles. The van der Waals surface area contributed by atoms with Crippen molar-refractivity contribution in [2.24, 2.45) is 0 Å². The van der Waals surface area contributed by atoms with Gasteiger partial charge < -0.3 is 19.5 Å². The van der Waals surface area contributed by atoms with Gasteiger partial charge in [0.05, 0.1) is 14.2 Å². The Balaban J connectivity index is 1.90. The highest BCUT2D eigenvalue weighted by Gasteiger charge is 2.23. The molecule has 0 fully saturated rings. The van der Waals surface area contributed by atoms with E-state index in [9.17, 15) is 9.59 Å². The summed E-state index contributed by atoms with van der Waals surface area (Å²) in [7, 11) is 2.93. The van der Waals surface area contributed by atoms with Crippen LogP contribution in [0.2, 0.25) is 0 Å². The van der Waals surface area contributed by atoms with E-state index in [-0.39, 0.29) is 23.3 Å². The normalized spacial score (nSPS) is 12.6. The van der Waals surface area contributed by atoms with E-state index in [1.165, 1.54) is 19.8 Å². The molecule has 2 aromatic carbocycles. The SMILES string of the molecule is COc1cccc(C(=O)O[C@H](C)C(=O)N[C@@H](C)CCc2ccccc2)c1OC. The smallest absolute Gasteiger partial charge is 0.342 e. The van der Waals surface area contributed by atoms with Crippen molar-refractivity contribution in [3.8, 4) is 11.5 Å². The molecule has 1 N–H and O–H groups in total. The Kier molecular flexibility index (Phi) is 7.87. The number of ether oxygens (including phenoxy) is 3. The van der Waals surface area contributed by atoms with Gasteiger partial charge in [0, 0.05) is 6.04 Å². The number of benzene rings is 2. The highest BCUT2D eigenvalue weighted by Crippen LogP contribution is 2.31. The van der Waals surface area contributed by atoms with E-state index in [1.807, 2.05) is 25.1 Å². The minimum Gasteiger partial charge on any atom is -0.493 e. The maximum atomic E-state index is 12.5. The van der Waals surface area contributed by atoms with Crippen LogP contribution in [0.15, 0.2) is 48.5 Å². The van der Waals surface area contributed by atoms with E-state index in [2.05, 4.69) is 17.4 Å². The number of hydrogen-bond donors (Lipinski definition) is 1. The van der Waals surface area contributed by atoms with Crippen LogP contribution in [0.5, 0.6) is 11.5 Å². The average molecular weight is 385 g/mol. The van der Waals surface area contributed by atoms with Gasteiger partial charge in [-0.25, -0.2) is 4.79 Å². The number of hydrogen-bond acceptors (Lipinski definition) is 5. The van der Waals surface area contributed by atoms with Crippen molar-refractivity contribution in [1.82, 2.24) is 5.32 Å². The van der Waals surface area contributed by atoms with Crippen molar-refractivity contribution in [3.63, 3.8) is 0 Å². The van der Waals surface area contributed by atoms with E-state index in [0.29, 0.717) is 5.75 Å². The number of esters is 1. The molecule has 0 aliphatic rings. The number of carbonyl (C=O) groups excluding carboxylic acids is 2. The summed E-state index contributed by atoms with van der Waals surface area (Å²) in [5.41, 5.74) is 1.42. The van der Waals surface area contributed by atoms with Crippen molar-refractivity contribution >= 4 is 11.9 Å². The summed E-state index contributed by atoms with van der Waals surface area (Å²) in [6, 6.07) is 14.9. The summed E-state index contributed by atoms with van der Waals surface area (Å²) in [4.78, 5) is 24.8. The van der Waals surface area contributed by atoms with Gasteiger partial charge in [-0.15, -0.1) is 0 Å². The zero-order valence-corrected chi connectivity index (χ0v) is 16.7. The highest BCUT2D eigenvalue weighted by atomic mass is 16.6. The molecule has 6 heteroatoms. The van der Waals surface area contributed by atoms with Gasteiger partial charge in [0.2, 0.25) is 0 Å². The number of nitrogens with one attached hydrogen (secondary N) is 1. The van der Waals surface area contributed by atoms with Crippen LogP contribution in [0, 0.1) is 0 Å². The van der Waals surface area contributed by atoms with Crippen LogP contribution in [0.25, 0.3) is 0 Å². The molecule has 0 saturated carbocycles. The van der Waals surface area contributed by atoms with Crippen LogP contribution in [-0.2, 0) is 16.0 Å². The fraction of sp³-hybridized carbons (Fsp3) is 0.364. The second-order valence-corrected chi connectivity index (χ2v) is 6.52. The summed E-state index contributed by atoms with van der Waals surface area (Å²) in [6.45, 7) is 3.48. The Hall–Kier alpha value is -3.02. The van der Waals surface area contributed by atoms with Gasteiger partial charge in [0.25, 0.3) is 5.91 Å². The molecule has 2 atom stereocenters. The van der Waals surface area contributed by atoms with Gasteiger partial charge in [-0.1, -0.05) is 36.4 Å². The second kappa shape index (κ2) is 10.3. The number of aryl methyl sites for hydroxylation is 1. The van der Waals surface area contributed by atoms with Crippen LogP contribution >= 0.6 is 0 Å². The van der Waals surface area contributed by atoms with E-state index >= 15 is 0 Å². The highest BCUT2D eigenvalue weighted by molar-refractivity contribution is 5.95. The fourth-order valence-corrected chi connectivity index (χ4v) is 2.79. The van der Waals surface area contributed by atoms with Gasteiger partial charge >= 0.3 is 5.97 Å². The molecule has 0 spiro atoms. The zero-order valence-electron chi connectivity index (χ0n) is 16.7. The van der Waals surface area contributed by atoms with Gasteiger partial charge in [-0.2, -0.15) is 0 Å². The van der Waals surface area contributed by atoms with Crippen molar-refractivity contribution in [3.05, 3.63) is 59.7 Å². The molecule has 0 radical (unpaired) electrons. The fourth-order valence-electron chi connectivity index (χ4n) is 2.79. The lowest BCUT2D eigenvalue weighted by molar-refractivity contribution is -0.129. The average Bonchev–Trinajstić information content (AvgIpc) is 2.72. The third-order valence-corrected chi connectivity index (χ3v) is 4.37. The van der Waals surface area contributed by atoms with Crippen LogP contribution in [0.1, 0.15) is 36.2 Å². The van der Waals surface area contributed by atoms with E-state index in [1.54, 1.807) is 25.1 Å². The molecule has 150 valence electrons. The molecule has 0 aliphatic heterocycles. The number of para-hydroxylation sites is 1.